The van der Waals surface area contributed by atoms with E-state index in [2.05, 4.69) is 102 Å². The van der Waals surface area contributed by atoms with Gasteiger partial charge in [-0.3, -0.25) is 0 Å². The fourth-order valence-corrected chi connectivity index (χ4v) is 6.90. The van der Waals surface area contributed by atoms with E-state index >= 15 is 0 Å². The van der Waals surface area contributed by atoms with Crippen LogP contribution in [0.2, 0.25) is 0 Å². The highest BCUT2D eigenvalue weighted by atomic mass is 16.3. The Labute approximate surface area is 245 Å². The molecular formula is C39H22N2O2. The Balaban J connectivity index is 1.42. The number of rotatable bonds is 2. The molecule has 4 nitrogen and oxygen atoms in total. The summed E-state index contributed by atoms with van der Waals surface area (Å²) in [6.45, 7) is 0. The Morgan fingerprint density at radius 3 is 1.79 bits per heavy atom. The lowest BCUT2D eigenvalue weighted by Crippen LogP contribution is -1.96. The van der Waals surface area contributed by atoms with Crippen molar-refractivity contribution in [3.63, 3.8) is 0 Å². The second kappa shape index (κ2) is 8.34. The van der Waals surface area contributed by atoms with Crippen LogP contribution in [0, 0.1) is 0 Å². The zero-order valence-corrected chi connectivity index (χ0v) is 22.9. The minimum atomic E-state index is 0.589. The molecule has 0 spiro atoms. The van der Waals surface area contributed by atoms with E-state index in [4.69, 9.17) is 13.8 Å². The average molecular weight is 551 g/mol. The first-order valence-corrected chi connectivity index (χ1v) is 14.5. The molecule has 0 bridgehead atoms. The number of nitrogens with zero attached hydrogens (tertiary/aromatic N) is 2. The predicted molar refractivity (Wildman–Crippen MR) is 176 cm³/mol. The van der Waals surface area contributed by atoms with Gasteiger partial charge in [0.1, 0.15) is 11.1 Å². The van der Waals surface area contributed by atoms with Gasteiger partial charge in [0.25, 0.3) is 0 Å². The summed E-state index contributed by atoms with van der Waals surface area (Å²) in [5.41, 5.74) is 7.41. The maximum absolute atomic E-state index is 6.66. The van der Waals surface area contributed by atoms with Gasteiger partial charge in [0, 0.05) is 27.1 Å². The van der Waals surface area contributed by atoms with Crippen LogP contribution in [0.15, 0.2) is 142 Å². The standard InChI is InChI=1S/C39H22N2O2/c1-3-11-26-23(9-1)17-19-31-36(26)37-27-12-4-2-10-24(27)18-20-32(37)41(31)33-22-25(39-40-30-14-6-8-16-35(30)43-39)21-29-28-13-5-7-15-34(28)42-38(29)33/h1-22H. The molecule has 4 heteroatoms. The van der Waals surface area contributed by atoms with Crippen molar-refractivity contribution in [2.75, 3.05) is 0 Å². The van der Waals surface area contributed by atoms with E-state index in [0.717, 1.165) is 55.3 Å². The smallest absolute Gasteiger partial charge is 0.227 e. The van der Waals surface area contributed by atoms with Gasteiger partial charge in [-0.05, 0) is 64.0 Å². The van der Waals surface area contributed by atoms with Crippen LogP contribution in [0.5, 0.6) is 0 Å². The molecule has 0 atom stereocenters. The normalized spacial score (nSPS) is 12.2. The molecule has 10 rings (SSSR count). The summed E-state index contributed by atoms with van der Waals surface area (Å²) in [5.74, 6) is 0.589. The summed E-state index contributed by atoms with van der Waals surface area (Å²) in [7, 11) is 0. The molecule has 43 heavy (non-hydrogen) atoms. The summed E-state index contributed by atoms with van der Waals surface area (Å²) in [4.78, 5) is 4.88. The third kappa shape index (κ3) is 3.12. The average Bonchev–Trinajstić information content (AvgIpc) is 3.76. The van der Waals surface area contributed by atoms with Crippen LogP contribution in [-0.4, -0.2) is 9.55 Å². The molecule has 0 saturated carbocycles. The van der Waals surface area contributed by atoms with Crippen LogP contribution >= 0.6 is 0 Å². The van der Waals surface area contributed by atoms with Crippen molar-refractivity contribution in [2.24, 2.45) is 0 Å². The highest BCUT2D eigenvalue weighted by Gasteiger charge is 2.22. The fraction of sp³-hybridized carbons (Fsp3) is 0. The Bertz CT molecular complexity index is 2620. The van der Waals surface area contributed by atoms with E-state index in [1.807, 2.05) is 36.4 Å². The molecule has 10 aromatic rings. The van der Waals surface area contributed by atoms with Crippen molar-refractivity contribution in [3.05, 3.63) is 133 Å². The van der Waals surface area contributed by atoms with Crippen molar-refractivity contribution in [1.82, 2.24) is 9.55 Å². The van der Waals surface area contributed by atoms with Crippen LogP contribution in [0.3, 0.4) is 0 Å². The molecule has 0 unspecified atom stereocenters. The predicted octanol–water partition coefficient (Wildman–Crippen LogP) is 10.8. The van der Waals surface area contributed by atoms with Crippen molar-refractivity contribution >= 4 is 76.4 Å². The number of hydrogen-bond acceptors (Lipinski definition) is 3. The van der Waals surface area contributed by atoms with Crippen molar-refractivity contribution in [3.8, 4) is 17.1 Å². The largest absolute Gasteiger partial charge is 0.454 e. The number of fused-ring (bicyclic) bond motifs is 11. The second-order valence-electron chi connectivity index (χ2n) is 11.2. The van der Waals surface area contributed by atoms with E-state index in [9.17, 15) is 0 Å². The highest BCUT2D eigenvalue weighted by molar-refractivity contribution is 6.29. The highest BCUT2D eigenvalue weighted by Crippen LogP contribution is 2.44. The Morgan fingerprint density at radius 2 is 1.09 bits per heavy atom. The van der Waals surface area contributed by atoms with Gasteiger partial charge in [-0.25, -0.2) is 4.98 Å². The Hall–Kier alpha value is -5.87. The molecule has 200 valence electrons. The van der Waals surface area contributed by atoms with Gasteiger partial charge < -0.3 is 13.4 Å². The molecule has 0 aliphatic carbocycles. The molecule has 0 amide bonds. The van der Waals surface area contributed by atoms with Gasteiger partial charge >= 0.3 is 0 Å². The van der Waals surface area contributed by atoms with Gasteiger partial charge in [-0.2, -0.15) is 0 Å². The monoisotopic (exact) mass is 550 g/mol. The minimum absolute atomic E-state index is 0.589. The Kier molecular flexibility index (Phi) is 4.42. The maximum atomic E-state index is 6.66. The summed E-state index contributed by atoms with van der Waals surface area (Å²) >= 11 is 0. The lowest BCUT2D eigenvalue weighted by atomic mass is 10.00. The lowest BCUT2D eigenvalue weighted by molar-refractivity contribution is 0.620. The van der Waals surface area contributed by atoms with Crippen LogP contribution in [0.25, 0.3) is 93.5 Å². The molecule has 0 fully saturated rings. The van der Waals surface area contributed by atoms with Gasteiger partial charge in [-0.15, -0.1) is 0 Å². The molecular weight excluding hydrogens is 528 g/mol. The molecule has 3 aromatic heterocycles. The third-order valence-corrected chi connectivity index (χ3v) is 8.79. The number of hydrogen-bond donors (Lipinski definition) is 0. The number of benzene rings is 7. The minimum Gasteiger partial charge on any atom is -0.454 e. The zero-order valence-electron chi connectivity index (χ0n) is 22.9. The topological polar surface area (TPSA) is 44.1 Å². The molecule has 0 N–H and O–H groups in total. The number of aromatic nitrogens is 2. The quantitative estimate of drug-likeness (QED) is 0.215. The van der Waals surface area contributed by atoms with E-state index in [-0.39, 0.29) is 0 Å². The van der Waals surface area contributed by atoms with Crippen molar-refractivity contribution in [1.29, 1.82) is 0 Å². The van der Waals surface area contributed by atoms with Crippen LogP contribution in [-0.2, 0) is 0 Å². The molecule has 0 aliphatic heterocycles. The van der Waals surface area contributed by atoms with Gasteiger partial charge in [0.05, 0.1) is 16.7 Å². The molecule has 0 radical (unpaired) electrons. The van der Waals surface area contributed by atoms with E-state index in [1.165, 1.54) is 32.3 Å². The van der Waals surface area contributed by atoms with E-state index < -0.39 is 0 Å². The van der Waals surface area contributed by atoms with Crippen molar-refractivity contribution in [2.45, 2.75) is 0 Å². The molecule has 0 aliphatic rings. The Morgan fingerprint density at radius 1 is 0.488 bits per heavy atom. The van der Waals surface area contributed by atoms with Crippen LogP contribution < -0.4 is 0 Å². The van der Waals surface area contributed by atoms with Crippen molar-refractivity contribution < 1.29 is 8.83 Å². The summed E-state index contributed by atoms with van der Waals surface area (Å²) in [6, 6.07) is 46.7. The lowest BCUT2D eigenvalue weighted by Gasteiger charge is -2.11. The maximum Gasteiger partial charge on any atom is 0.227 e. The van der Waals surface area contributed by atoms with Gasteiger partial charge in [-0.1, -0.05) is 91.0 Å². The van der Waals surface area contributed by atoms with Gasteiger partial charge in [0.15, 0.2) is 11.2 Å². The van der Waals surface area contributed by atoms with E-state index in [0.29, 0.717) is 5.89 Å². The summed E-state index contributed by atoms with van der Waals surface area (Å²) in [5, 5.41) is 9.47. The van der Waals surface area contributed by atoms with Crippen LogP contribution in [0.1, 0.15) is 0 Å². The summed E-state index contributed by atoms with van der Waals surface area (Å²) in [6.07, 6.45) is 0. The van der Waals surface area contributed by atoms with Crippen LogP contribution in [0.4, 0.5) is 0 Å². The number of oxazole rings is 1. The summed E-state index contributed by atoms with van der Waals surface area (Å²) < 4.78 is 15.3. The number of para-hydroxylation sites is 3. The fourth-order valence-electron chi connectivity index (χ4n) is 6.90. The van der Waals surface area contributed by atoms with Gasteiger partial charge in [0.2, 0.25) is 5.89 Å². The first-order valence-electron chi connectivity index (χ1n) is 14.5. The molecule has 7 aromatic carbocycles. The second-order valence-corrected chi connectivity index (χ2v) is 11.2. The zero-order chi connectivity index (χ0) is 28.1. The molecule has 3 heterocycles. The van der Waals surface area contributed by atoms with E-state index in [1.54, 1.807) is 0 Å². The first-order chi connectivity index (χ1) is 21.3. The number of furan rings is 1. The third-order valence-electron chi connectivity index (χ3n) is 8.79. The SMILES string of the molecule is c1ccc2c(c1)ccc1c2c2c3ccccc3ccc2n1-c1cc(-c2nc3ccccc3o2)cc2c1oc1ccccc12. The molecule has 0 saturated heterocycles. The first kappa shape index (κ1) is 22.8.